The van der Waals surface area contributed by atoms with Crippen LogP contribution in [0.3, 0.4) is 0 Å². The van der Waals surface area contributed by atoms with Crippen molar-refractivity contribution in [3.05, 3.63) is 69.8 Å². The third-order valence-corrected chi connectivity index (χ3v) is 4.78. The molecule has 1 atom stereocenters. The summed E-state index contributed by atoms with van der Waals surface area (Å²) in [5, 5.41) is 10.6. The van der Waals surface area contributed by atoms with Crippen molar-refractivity contribution in [2.75, 3.05) is 10.7 Å². The van der Waals surface area contributed by atoms with Crippen molar-refractivity contribution in [2.45, 2.75) is 12.3 Å². The molecule has 0 aromatic heterocycles. The molecule has 1 fully saturated rings. The lowest BCUT2D eigenvalue weighted by Gasteiger charge is -2.24. The van der Waals surface area contributed by atoms with E-state index in [4.69, 9.17) is 0 Å². The van der Waals surface area contributed by atoms with E-state index in [1.165, 1.54) is 23.9 Å². The normalized spacial score (nSPS) is 17.8. The summed E-state index contributed by atoms with van der Waals surface area (Å²) in [4.78, 5) is 24.3. The van der Waals surface area contributed by atoms with E-state index in [0.29, 0.717) is 5.75 Å². The number of nitro benzene ring substituents is 1. The van der Waals surface area contributed by atoms with Crippen LogP contribution in [0.4, 0.5) is 11.4 Å². The lowest BCUT2D eigenvalue weighted by molar-refractivity contribution is -0.384. The van der Waals surface area contributed by atoms with Gasteiger partial charge in [-0.2, -0.15) is 0 Å². The molecule has 1 aliphatic rings. The first-order valence-corrected chi connectivity index (χ1v) is 7.86. The van der Waals surface area contributed by atoms with Crippen molar-refractivity contribution < 1.29 is 9.72 Å². The first-order valence-electron chi connectivity index (χ1n) is 6.81. The molecule has 5 nitrogen and oxygen atoms in total. The van der Waals surface area contributed by atoms with Crippen LogP contribution in [0.25, 0.3) is 0 Å². The lowest BCUT2D eigenvalue weighted by atomic mass is 10.1. The van der Waals surface area contributed by atoms with Crippen LogP contribution in [0.1, 0.15) is 16.5 Å². The average Bonchev–Trinajstić information content (AvgIpc) is 2.90. The second-order valence-corrected chi connectivity index (χ2v) is 6.18. The second-order valence-electron chi connectivity index (χ2n) is 5.11. The Morgan fingerprint density at radius 3 is 2.36 bits per heavy atom. The molecule has 3 rings (SSSR count). The monoisotopic (exact) mass is 314 g/mol. The molecule has 1 saturated heterocycles. The van der Waals surface area contributed by atoms with Crippen LogP contribution in [0, 0.1) is 17.0 Å². The fraction of sp³-hybridized carbons (Fsp3) is 0.188. The molecule has 2 aromatic carbocycles. The largest absolute Gasteiger partial charge is 0.295 e. The standard InChI is InChI=1S/C16H14N2O3S/c1-11-2-6-13(7-3-11)17-15(19)10-22-16(17)12-4-8-14(9-5-12)18(20)21/h2-9,16H,10H2,1H3. The molecule has 0 radical (unpaired) electrons. The summed E-state index contributed by atoms with van der Waals surface area (Å²) >= 11 is 1.53. The third kappa shape index (κ3) is 2.69. The molecule has 0 bridgehead atoms. The van der Waals surface area contributed by atoms with Crippen molar-refractivity contribution in [3.63, 3.8) is 0 Å². The Labute approximate surface area is 132 Å². The molecular weight excluding hydrogens is 300 g/mol. The van der Waals surface area contributed by atoms with E-state index in [2.05, 4.69) is 0 Å². The van der Waals surface area contributed by atoms with Gasteiger partial charge < -0.3 is 0 Å². The number of nitro groups is 1. The summed E-state index contributed by atoms with van der Waals surface area (Å²) in [6, 6.07) is 14.2. The lowest BCUT2D eigenvalue weighted by Crippen LogP contribution is -2.27. The third-order valence-electron chi connectivity index (χ3n) is 3.57. The molecule has 6 heteroatoms. The number of hydrogen-bond donors (Lipinski definition) is 0. The van der Waals surface area contributed by atoms with E-state index >= 15 is 0 Å². The first kappa shape index (κ1) is 14.6. The number of anilines is 1. The van der Waals surface area contributed by atoms with Crippen molar-refractivity contribution in [1.29, 1.82) is 0 Å². The van der Waals surface area contributed by atoms with E-state index in [0.717, 1.165) is 16.8 Å². The minimum absolute atomic E-state index is 0.0530. The molecular formula is C16H14N2O3S. The minimum atomic E-state index is -0.422. The molecule has 1 amide bonds. The Bertz CT molecular complexity index is 713. The molecule has 1 heterocycles. The van der Waals surface area contributed by atoms with Crippen molar-refractivity contribution in [1.82, 2.24) is 0 Å². The number of nitrogens with zero attached hydrogens (tertiary/aromatic N) is 2. The van der Waals surface area contributed by atoms with E-state index in [1.807, 2.05) is 31.2 Å². The van der Waals surface area contributed by atoms with Gasteiger partial charge in [0.05, 0.1) is 10.7 Å². The summed E-state index contributed by atoms with van der Waals surface area (Å²) in [6.45, 7) is 2.00. The molecule has 112 valence electrons. The van der Waals surface area contributed by atoms with Crippen molar-refractivity contribution in [3.8, 4) is 0 Å². The topological polar surface area (TPSA) is 63.5 Å². The van der Waals surface area contributed by atoms with Gasteiger partial charge in [0.15, 0.2) is 0 Å². The predicted molar refractivity (Wildman–Crippen MR) is 87.0 cm³/mol. The van der Waals surface area contributed by atoms with Crippen LogP contribution in [0.5, 0.6) is 0 Å². The van der Waals surface area contributed by atoms with Gasteiger partial charge in [-0.1, -0.05) is 17.7 Å². The quantitative estimate of drug-likeness (QED) is 0.640. The van der Waals surface area contributed by atoms with E-state index in [1.54, 1.807) is 17.0 Å². The maximum atomic E-state index is 12.2. The number of thioether (sulfide) groups is 1. The number of carbonyl (C=O) groups is 1. The highest BCUT2D eigenvalue weighted by Crippen LogP contribution is 2.41. The van der Waals surface area contributed by atoms with E-state index < -0.39 is 4.92 Å². The van der Waals surface area contributed by atoms with Gasteiger partial charge in [0.25, 0.3) is 5.69 Å². The Balaban J connectivity index is 1.93. The zero-order chi connectivity index (χ0) is 15.7. The molecule has 0 saturated carbocycles. The second kappa shape index (κ2) is 5.81. The number of non-ortho nitro benzene ring substituents is 1. The van der Waals surface area contributed by atoms with E-state index in [-0.39, 0.29) is 17.0 Å². The number of carbonyl (C=O) groups excluding carboxylic acids is 1. The Morgan fingerprint density at radius 1 is 1.14 bits per heavy atom. The minimum Gasteiger partial charge on any atom is -0.295 e. The van der Waals surface area contributed by atoms with Crippen LogP contribution >= 0.6 is 11.8 Å². The summed E-state index contributed by atoms with van der Waals surface area (Å²) in [6.07, 6.45) is 0. The van der Waals surface area contributed by atoms with Gasteiger partial charge >= 0.3 is 0 Å². The van der Waals surface area contributed by atoms with Gasteiger partial charge in [-0.15, -0.1) is 11.8 Å². The molecule has 22 heavy (non-hydrogen) atoms. The highest BCUT2D eigenvalue weighted by molar-refractivity contribution is 8.00. The number of amides is 1. The summed E-state index contributed by atoms with van der Waals surface area (Å²) in [5.74, 6) is 0.465. The van der Waals surface area contributed by atoms with Gasteiger partial charge in [0.2, 0.25) is 5.91 Å². The molecule has 0 N–H and O–H groups in total. The maximum absolute atomic E-state index is 12.2. The van der Waals surface area contributed by atoms with Crippen molar-refractivity contribution in [2.24, 2.45) is 0 Å². The van der Waals surface area contributed by atoms with Gasteiger partial charge in [-0.25, -0.2) is 0 Å². The van der Waals surface area contributed by atoms with Crippen LogP contribution in [0.2, 0.25) is 0 Å². The summed E-state index contributed by atoms with van der Waals surface area (Å²) in [5.41, 5.74) is 2.93. The molecule has 1 aliphatic heterocycles. The maximum Gasteiger partial charge on any atom is 0.269 e. The van der Waals surface area contributed by atoms with Crippen LogP contribution in [0.15, 0.2) is 48.5 Å². The molecule has 1 unspecified atom stereocenters. The Hall–Kier alpha value is -2.34. The van der Waals surface area contributed by atoms with Crippen molar-refractivity contribution >= 4 is 29.0 Å². The van der Waals surface area contributed by atoms with Gasteiger partial charge in [0, 0.05) is 17.8 Å². The SMILES string of the molecule is Cc1ccc(N2C(=O)CSC2c2ccc([N+](=O)[O-])cc2)cc1. The molecule has 2 aromatic rings. The predicted octanol–water partition coefficient (Wildman–Crippen LogP) is 3.68. The number of rotatable bonds is 3. The van der Waals surface area contributed by atoms with Crippen LogP contribution in [-0.2, 0) is 4.79 Å². The Morgan fingerprint density at radius 2 is 1.77 bits per heavy atom. The zero-order valence-electron chi connectivity index (χ0n) is 11.9. The van der Waals surface area contributed by atoms with E-state index in [9.17, 15) is 14.9 Å². The summed E-state index contributed by atoms with van der Waals surface area (Å²) < 4.78 is 0. The number of hydrogen-bond acceptors (Lipinski definition) is 4. The molecule has 0 aliphatic carbocycles. The fourth-order valence-corrected chi connectivity index (χ4v) is 3.59. The number of benzene rings is 2. The average molecular weight is 314 g/mol. The van der Waals surface area contributed by atoms with Gasteiger partial charge in [-0.3, -0.25) is 19.8 Å². The van der Waals surface area contributed by atoms with Crippen LogP contribution in [-0.4, -0.2) is 16.6 Å². The highest BCUT2D eigenvalue weighted by Gasteiger charge is 2.34. The smallest absolute Gasteiger partial charge is 0.269 e. The Kier molecular flexibility index (Phi) is 3.85. The number of aryl methyl sites for hydroxylation is 1. The molecule has 0 spiro atoms. The fourth-order valence-electron chi connectivity index (χ4n) is 2.42. The zero-order valence-corrected chi connectivity index (χ0v) is 12.7. The first-order chi connectivity index (χ1) is 10.6. The van der Waals surface area contributed by atoms with Crippen LogP contribution < -0.4 is 4.90 Å². The highest BCUT2D eigenvalue weighted by atomic mass is 32.2. The van der Waals surface area contributed by atoms with Gasteiger partial charge in [0.1, 0.15) is 5.37 Å². The van der Waals surface area contributed by atoms with Gasteiger partial charge in [-0.05, 0) is 36.8 Å². The summed E-state index contributed by atoms with van der Waals surface area (Å²) in [7, 11) is 0.